The molecule has 0 spiro atoms. The van der Waals surface area contributed by atoms with Crippen LogP contribution in [-0.4, -0.2) is 4.89 Å². The largest absolute Gasteiger partial charge is 0.372 e. The van der Waals surface area contributed by atoms with Gasteiger partial charge in [0.25, 0.3) is 0 Å². The van der Waals surface area contributed by atoms with E-state index in [4.69, 9.17) is 4.89 Å². The Bertz CT molecular complexity index is 233. The van der Waals surface area contributed by atoms with Gasteiger partial charge in [0.15, 0.2) is 0 Å². The minimum absolute atomic E-state index is 0.0747. The van der Waals surface area contributed by atoms with Gasteiger partial charge < -0.3 is 4.89 Å². The highest BCUT2D eigenvalue weighted by molar-refractivity contribution is 7.41. The number of hydrogen-bond donors (Lipinski definition) is 1. The maximum absolute atomic E-state index is 8.87. The van der Waals surface area contributed by atoms with Gasteiger partial charge in [0.05, 0.1) is 0 Å². The predicted molar refractivity (Wildman–Crippen MR) is 46.1 cm³/mol. The van der Waals surface area contributed by atoms with Crippen molar-refractivity contribution in [3.63, 3.8) is 0 Å². The molecule has 1 nitrogen and oxygen atoms in total. The Morgan fingerprint density at radius 3 is 2.50 bits per heavy atom. The molecule has 1 aromatic rings. The second-order valence-corrected chi connectivity index (χ2v) is 3.12. The lowest BCUT2D eigenvalue weighted by Crippen LogP contribution is -2.00. The summed E-state index contributed by atoms with van der Waals surface area (Å²) in [5.41, 5.74) is 2.46. The Kier molecular flexibility index (Phi) is 2.42. The zero-order valence-corrected chi connectivity index (χ0v) is 7.18. The molecule has 1 N–H and O–H groups in total. The second kappa shape index (κ2) is 3.14. The van der Waals surface area contributed by atoms with Gasteiger partial charge in [-0.1, -0.05) is 18.2 Å². The van der Waals surface area contributed by atoms with E-state index in [1.165, 1.54) is 11.1 Å². The van der Waals surface area contributed by atoms with E-state index in [0.717, 1.165) is 5.30 Å². The Balaban J connectivity index is 3.14. The van der Waals surface area contributed by atoms with E-state index < -0.39 is 0 Å². The smallest absolute Gasteiger partial charge is 0.0422 e. The van der Waals surface area contributed by atoms with Crippen molar-refractivity contribution in [1.29, 1.82) is 0 Å². The number of aryl methyl sites for hydroxylation is 1. The molecular weight excluding hydrogens is 143 g/mol. The lowest BCUT2D eigenvalue weighted by molar-refractivity contribution is 0.654. The maximum Gasteiger partial charge on any atom is 0.0422 e. The van der Waals surface area contributed by atoms with E-state index in [0.29, 0.717) is 0 Å². The molecule has 10 heavy (non-hydrogen) atoms. The fourth-order valence-corrected chi connectivity index (χ4v) is 1.41. The van der Waals surface area contributed by atoms with E-state index in [9.17, 15) is 0 Å². The average molecular weight is 154 g/mol. The highest BCUT2D eigenvalue weighted by Gasteiger charge is 1.96. The minimum atomic E-state index is -0.0747. The molecule has 0 aliphatic carbocycles. The molecule has 54 valence electrons. The van der Waals surface area contributed by atoms with Gasteiger partial charge in [0, 0.05) is 14.1 Å². The summed E-state index contributed by atoms with van der Waals surface area (Å²) >= 11 is 0. The van der Waals surface area contributed by atoms with Crippen molar-refractivity contribution in [2.45, 2.75) is 13.8 Å². The van der Waals surface area contributed by atoms with Gasteiger partial charge in [-0.2, -0.15) is 0 Å². The summed E-state index contributed by atoms with van der Waals surface area (Å²) in [7, 11) is -0.0747. The molecule has 0 saturated carbocycles. The molecule has 0 bridgehead atoms. The summed E-state index contributed by atoms with van der Waals surface area (Å²) in [5.74, 6) is 0. The van der Waals surface area contributed by atoms with Crippen LogP contribution in [0.2, 0.25) is 0 Å². The number of hydrogen-bond acceptors (Lipinski definition) is 1. The summed E-state index contributed by atoms with van der Waals surface area (Å²) in [4.78, 5) is 8.87. The summed E-state index contributed by atoms with van der Waals surface area (Å²) in [6.45, 7) is 4.09. The van der Waals surface area contributed by atoms with Crippen LogP contribution in [0.4, 0.5) is 0 Å². The highest BCUT2D eigenvalue weighted by Crippen LogP contribution is 2.10. The van der Waals surface area contributed by atoms with Gasteiger partial charge in [-0.15, -0.1) is 0 Å². The molecule has 0 aliphatic rings. The molecule has 1 aromatic carbocycles. The zero-order chi connectivity index (χ0) is 7.56. The van der Waals surface area contributed by atoms with Crippen LogP contribution in [0, 0.1) is 13.8 Å². The molecule has 0 aromatic heterocycles. The van der Waals surface area contributed by atoms with E-state index in [1.54, 1.807) is 0 Å². The molecule has 2 heteroatoms. The van der Waals surface area contributed by atoms with Crippen LogP contribution in [0.15, 0.2) is 18.2 Å². The van der Waals surface area contributed by atoms with Gasteiger partial charge in [-0.05, 0) is 25.0 Å². The summed E-state index contributed by atoms with van der Waals surface area (Å²) in [5, 5.41) is 1.06. The molecule has 0 saturated heterocycles. The second-order valence-electron chi connectivity index (χ2n) is 2.36. The first-order chi connectivity index (χ1) is 4.75. The molecule has 0 fully saturated rings. The van der Waals surface area contributed by atoms with Crippen molar-refractivity contribution >= 4 is 14.1 Å². The van der Waals surface area contributed by atoms with Crippen LogP contribution in [0.3, 0.4) is 0 Å². The van der Waals surface area contributed by atoms with Crippen LogP contribution in [0.25, 0.3) is 0 Å². The molecular formula is C8H11OP. The van der Waals surface area contributed by atoms with Gasteiger partial charge >= 0.3 is 0 Å². The van der Waals surface area contributed by atoms with Crippen molar-refractivity contribution in [2.75, 3.05) is 0 Å². The number of rotatable bonds is 1. The Labute approximate surface area is 63.0 Å². The Morgan fingerprint density at radius 1 is 1.30 bits per heavy atom. The fourth-order valence-electron chi connectivity index (χ4n) is 0.872. The van der Waals surface area contributed by atoms with E-state index >= 15 is 0 Å². The molecule has 1 unspecified atom stereocenters. The van der Waals surface area contributed by atoms with Crippen LogP contribution < -0.4 is 5.30 Å². The van der Waals surface area contributed by atoms with E-state index in [1.807, 2.05) is 19.1 Å². The van der Waals surface area contributed by atoms with E-state index in [2.05, 4.69) is 13.0 Å². The van der Waals surface area contributed by atoms with Gasteiger partial charge in [0.2, 0.25) is 0 Å². The highest BCUT2D eigenvalue weighted by atomic mass is 31.1. The fraction of sp³-hybridized carbons (Fsp3) is 0.250. The molecule has 0 aliphatic heterocycles. The first-order valence-corrected chi connectivity index (χ1v) is 4.16. The summed E-state index contributed by atoms with van der Waals surface area (Å²) in [6.07, 6.45) is 0. The third-order valence-corrected chi connectivity index (χ3v) is 2.51. The molecule has 0 amide bonds. The minimum Gasteiger partial charge on any atom is -0.372 e. The SMILES string of the molecule is Cc1cccc(PO)c1C. The average Bonchev–Trinajstić information content (AvgIpc) is 1.95. The van der Waals surface area contributed by atoms with Crippen molar-refractivity contribution in [1.82, 2.24) is 0 Å². The van der Waals surface area contributed by atoms with Crippen molar-refractivity contribution in [2.24, 2.45) is 0 Å². The van der Waals surface area contributed by atoms with Crippen molar-refractivity contribution < 1.29 is 4.89 Å². The predicted octanol–water partition coefficient (Wildman–Crippen LogP) is 1.51. The summed E-state index contributed by atoms with van der Waals surface area (Å²) < 4.78 is 0. The van der Waals surface area contributed by atoms with Gasteiger partial charge in [-0.3, -0.25) is 0 Å². The van der Waals surface area contributed by atoms with Gasteiger partial charge in [-0.25, -0.2) is 0 Å². The zero-order valence-electron chi connectivity index (χ0n) is 6.18. The first kappa shape index (κ1) is 7.71. The Hall–Kier alpha value is -0.390. The maximum atomic E-state index is 8.87. The van der Waals surface area contributed by atoms with Crippen LogP contribution in [0.5, 0.6) is 0 Å². The monoisotopic (exact) mass is 154 g/mol. The lowest BCUT2D eigenvalue weighted by atomic mass is 10.1. The molecule has 1 atom stereocenters. The van der Waals surface area contributed by atoms with Gasteiger partial charge in [0.1, 0.15) is 0 Å². The van der Waals surface area contributed by atoms with Crippen molar-refractivity contribution in [3.05, 3.63) is 29.3 Å². The van der Waals surface area contributed by atoms with Crippen LogP contribution in [0.1, 0.15) is 11.1 Å². The summed E-state index contributed by atoms with van der Waals surface area (Å²) in [6, 6.07) is 5.99. The Morgan fingerprint density at radius 2 is 2.00 bits per heavy atom. The van der Waals surface area contributed by atoms with Crippen LogP contribution >= 0.6 is 8.81 Å². The molecule has 0 radical (unpaired) electrons. The third-order valence-electron chi connectivity index (χ3n) is 1.73. The molecule has 0 heterocycles. The lowest BCUT2D eigenvalue weighted by Gasteiger charge is -2.03. The standard InChI is InChI=1S/C8H11OP/c1-6-4-3-5-8(10-9)7(6)2/h3-5,9-10H,1-2H3. The molecule has 1 rings (SSSR count). The van der Waals surface area contributed by atoms with E-state index in [-0.39, 0.29) is 8.81 Å². The number of benzene rings is 1. The third kappa shape index (κ3) is 1.36. The van der Waals surface area contributed by atoms with Crippen molar-refractivity contribution in [3.8, 4) is 0 Å². The normalized spacial score (nSPS) is 11.1. The van der Waals surface area contributed by atoms with Crippen LogP contribution in [-0.2, 0) is 0 Å². The first-order valence-electron chi connectivity index (χ1n) is 3.22. The topological polar surface area (TPSA) is 20.2 Å². The quantitative estimate of drug-likeness (QED) is 0.608.